The van der Waals surface area contributed by atoms with Crippen molar-refractivity contribution in [2.24, 2.45) is 11.8 Å². The molecule has 6 nitrogen and oxygen atoms in total. The van der Waals surface area contributed by atoms with Crippen LogP contribution in [0.3, 0.4) is 0 Å². The lowest BCUT2D eigenvalue weighted by molar-refractivity contribution is -0.313. The average Bonchev–Trinajstić information content (AvgIpc) is 3.12. The van der Waals surface area contributed by atoms with Gasteiger partial charge < -0.3 is 20.0 Å². The van der Waals surface area contributed by atoms with Gasteiger partial charge in [0.15, 0.2) is 0 Å². The van der Waals surface area contributed by atoms with E-state index in [-0.39, 0.29) is 17.2 Å². The molecule has 1 amide bonds. The van der Waals surface area contributed by atoms with Gasteiger partial charge in [0.2, 0.25) is 5.91 Å². The summed E-state index contributed by atoms with van der Waals surface area (Å²) in [6, 6.07) is 5.65. The molecule has 1 aliphatic rings. The smallest absolute Gasteiger partial charge is 0.341 e. The second kappa shape index (κ2) is 9.17. The number of esters is 1. The van der Waals surface area contributed by atoms with Gasteiger partial charge in [-0.15, -0.1) is 11.3 Å². The first-order valence-electron chi connectivity index (χ1n) is 9.48. The van der Waals surface area contributed by atoms with Crippen molar-refractivity contribution in [3.05, 3.63) is 41.0 Å². The maximum absolute atomic E-state index is 13.3. The Hall–Kier alpha value is -2.74. The van der Waals surface area contributed by atoms with E-state index in [1.807, 2.05) is 0 Å². The summed E-state index contributed by atoms with van der Waals surface area (Å²) in [5, 5.41) is 16.1. The number of nitrogens with one attached hydrogen (secondary N) is 1. The van der Waals surface area contributed by atoms with Gasteiger partial charge >= 0.3 is 5.97 Å². The Bertz CT molecular complexity index is 908. The molecule has 1 aliphatic carbocycles. The minimum Gasteiger partial charge on any atom is -0.550 e. The van der Waals surface area contributed by atoms with E-state index in [2.05, 4.69) is 5.32 Å². The second-order valence-corrected chi connectivity index (χ2v) is 7.77. The van der Waals surface area contributed by atoms with E-state index in [1.54, 1.807) is 24.4 Å². The molecule has 154 valence electrons. The van der Waals surface area contributed by atoms with Crippen LogP contribution in [-0.4, -0.2) is 24.5 Å². The fourth-order valence-electron chi connectivity index (χ4n) is 3.63. The quantitative estimate of drug-likeness (QED) is 0.727. The Labute approximate surface area is 171 Å². The molecule has 0 spiro atoms. The van der Waals surface area contributed by atoms with Crippen molar-refractivity contribution >= 4 is 34.2 Å². The highest BCUT2D eigenvalue weighted by molar-refractivity contribution is 7.15. The van der Waals surface area contributed by atoms with Gasteiger partial charge in [-0.3, -0.25) is 4.79 Å². The van der Waals surface area contributed by atoms with Gasteiger partial charge in [-0.2, -0.15) is 0 Å². The molecule has 1 N–H and O–H groups in total. The van der Waals surface area contributed by atoms with Gasteiger partial charge in [0.1, 0.15) is 16.4 Å². The van der Waals surface area contributed by atoms with Gasteiger partial charge in [0.25, 0.3) is 0 Å². The maximum atomic E-state index is 13.3. The predicted octanol–water partition coefficient (Wildman–Crippen LogP) is 3.23. The van der Waals surface area contributed by atoms with Gasteiger partial charge in [-0.05, 0) is 37.5 Å². The average molecular weight is 418 g/mol. The molecule has 1 fully saturated rings. The molecule has 0 radical (unpaired) electrons. The minimum absolute atomic E-state index is 0.153. The highest BCUT2D eigenvalue weighted by Gasteiger charge is 2.33. The number of carbonyl (C=O) groups is 3. The lowest BCUT2D eigenvalue weighted by atomic mass is 9.79. The van der Waals surface area contributed by atoms with Crippen molar-refractivity contribution in [1.29, 1.82) is 0 Å². The summed E-state index contributed by atoms with van der Waals surface area (Å²) in [5.74, 6) is -4.23. The summed E-state index contributed by atoms with van der Waals surface area (Å²) in [5.41, 5.74) is 1.30. The number of carboxylic acids is 1. The molecular formula is C21H21FNO5S-. The van der Waals surface area contributed by atoms with Crippen LogP contribution >= 0.6 is 11.3 Å². The van der Waals surface area contributed by atoms with Crippen LogP contribution in [0.25, 0.3) is 11.1 Å². The van der Waals surface area contributed by atoms with Crippen molar-refractivity contribution in [1.82, 2.24) is 0 Å². The minimum atomic E-state index is -1.23. The molecule has 1 saturated carbocycles. The summed E-state index contributed by atoms with van der Waals surface area (Å²) in [4.78, 5) is 36.8. The molecule has 0 bridgehead atoms. The Morgan fingerprint density at radius 3 is 2.45 bits per heavy atom. The fraction of sp³-hybridized carbons (Fsp3) is 0.381. The topological polar surface area (TPSA) is 95.5 Å². The second-order valence-electron chi connectivity index (χ2n) is 6.89. The molecular weight excluding hydrogens is 397 g/mol. The Kier molecular flexibility index (Phi) is 6.64. The third-order valence-corrected chi connectivity index (χ3v) is 5.96. The van der Waals surface area contributed by atoms with Crippen LogP contribution in [0.5, 0.6) is 0 Å². The van der Waals surface area contributed by atoms with E-state index < -0.39 is 35.5 Å². The zero-order valence-electron chi connectivity index (χ0n) is 15.9. The third kappa shape index (κ3) is 4.64. The zero-order valence-corrected chi connectivity index (χ0v) is 16.7. The van der Waals surface area contributed by atoms with Gasteiger partial charge in [-0.25, -0.2) is 9.18 Å². The standard InChI is InChI=1S/C21H22FNO5S/c1-2-28-21(27)17-16(12-7-9-13(22)10-8-12)11-29-19(17)23-18(24)14-5-3-4-6-15(14)20(25)26/h7-11,14-15H,2-6H2,1H3,(H,23,24)(H,25,26)/p-1/t14-,15-/m0/s1. The lowest BCUT2D eigenvalue weighted by Crippen LogP contribution is -2.42. The van der Waals surface area contributed by atoms with E-state index >= 15 is 0 Å². The molecule has 0 aliphatic heterocycles. The number of amides is 1. The third-order valence-electron chi connectivity index (χ3n) is 5.07. The van der Waals surface area contributed by atoms with Crippen LogP contribution in [0.1, 0.15) is 43.0 Å². The first-order chi connectivity index (χ1) is 13.9. The normalized spacial score (nSPS) is 18.8. The highest BCUT2D eigenvalue weighted by Crippen LogP contribution is 2.38. The van der Waals surface area contributed by atoms with Crippen molar-refractivity contribution in [2.75, 3.05) is 11.9 Å². The van der Waals surface area contributed by atoms with Crippen LogP contribution in [-0.2, 0) is 14.3 Å². The number of carbonyl (C=O) groups excluding carboxylic acids is 3. The molecule has 8 heteroatoms. The molecule has 0 saturated heterocycles. The molecule has 1 aromatic carbocycles. The number of hydrogen-bond acceptors (Lipinski definition) is 6. The van der Waals surface area contributed by atoms with E-state index in [9.17, 15) is 23.9 Å². The lowest BCUT2D eigenvalue weighted by Gasteiger charge is -2.31. The van der Waals surface area contributed by atoms with Crippen molar-refractivity contribution in [3.8, 4) is 11.1 Å². The summed E-state index contributed by atoms with van der Waals surface area (Å²) < 4.78 is 18.4. The molecule has 29 heavy (non-hydrogen) atoms. The zero-order chi connectivity index (χ0) is 21.0. The number of ether oxygens (including phenoxy) is 1. The van der Waals surface area contributed by atoms with Crippen molar-refractivity contribution in [2.45, 2.75) is 32.6 Å². The van der Waals surface area contributed by atoms with Crippen LogP contribution < -0.4 is 10.4 Å². The monoisotopic (exact) mass is 418 g/mol. The predicted molar refractivity (Wildman–Crippen MR) is 105 cm³/mol. The summed E-state index contributed by atoms with van der Waals surface area (Å²) >= 11 is 1.14. The summed E-state index contributed by atoms with van der Waals surface area (Å²) in [7, 11) is 0. The highest BCUT2D eigenvalue weighted by atomic mass is 32.1. The van der Waals surface area contributed by atoms with Crippen LogP contribution in [0.4, 0.5) is 9.39 Å². The number of rotatable bonds is 6. The van der Waals surface area contributed by atoms with E-state index in [0.717, 1.165) is 24.2 Å². The SMILES string of the molecule is CCOC(=O)c1c(-c2ccc(F)cc2)csc1NC(=O)[C@H]1CCCC[C@@H]1C(=O)[O-]. The number of benzene rings is 1. The number of aliphatic carboxylic acids is 1. The fourth-order valence-corrected chi connectivity index (χ4v) is 4.59. The van der Waals surface area contributed by atoms with Gasteiger partial charge in [0, 0.05) is 28.7 Å². The number of thiophene rings is 1. The first kappa shape index (κ1) is 21.0. The number of anilines is 1. The number of hydrogen-bond donors (Lipinski definition) is 1. The largest absolute Gasteiger partial charge is 0.550 e. The first-order valence-corrected chi connectivity index (χ1v) is 10.4. The van der Waals surface area contributed by atoms with Gasteiger partial charge in [0.05, 0.1) is 6.61 Å². The van der Waals surface area contributed by atoms with E-state index in [0.29, 0.717) is 24.0 Å². The molecule has 1 heterocycles. The Balaban J connectivity index is 1.92. The molecule has 0 unspecified atom stereocenters. The number of carboxylic acid groups (broad SMARTS) is 1. The van der Waals surface area contributed by atoms with Gasteiger partial charge in [-0.1, -0.05) is 25.0 Å². The Morgan fingerprint density at radius 2 is 1.83 bits per heavy atom. The molecule has 3 rings (SSSR count). The molecule has 2 aromatic rings. The van der Waals surface area contributed by atoms with E-state index in [1.165, 1.54) is 12.1 Å². The van der Waals surface area contributed by atoms with Crippen LogP contribution in [0, 0.1) is 17.7 Å². The summed E-state index contributed by atoms with van der Waals surface area (Å²) in [6.45, 7) is 1.83. The summed E-state index contributed by atoms with van der Waals surface area (Å²) in [6.07, 6.45) is 2.36. The Morgan fingerprint density at radius 1 is 1.17 bits per heavy atom. The van der Waals surface area contributed by atoms with Crippen LogP contribution in [0.2, 0.25) is 0 Å². The maximum Gasteiger partial charge on any atom is 0.341 e. The van der Waals surface area contributed by atoms with Crippen molar-refractivity contribution in [3.63, 3.8) is 0 Å². The van der Waals surface area contributed by atoms with Crippen molar-refractivity contribution < 1.29 is 28.6 Å². The van der Waals surface area contributed by atoms with E-state index in [4.69, 9.17) is 4.74 Å². The van der Waals surface area contributed by atoms with Crippen LogP contribution in [0.15, 0.2) is 29.6 Å². The molecule has 1 aromatic heterocycles. The molecule has 2 atom stereocenters. The number of halogens is 1.